The van der Waals surface area contributed by atoms with Crippen LogP contribution in [0.4, 0.5) is 0 Å². The van der Waals surface area contributed by atoms with Crippen molar-refractivity contribution < 1.29 is 4.74 Å². The van der Waals surface area contributed by atoms with E-state index in [-0.39, 0.29) is 0 Å². The molecule has 0 saturated heterocycles. The molecule has 1 aromatic carbocycles. The number of nitrogens with zero attached hydrogens (tertiary/aromatic N) is 5. The highest BCUT2D eigenvalue weighted by atomic mass is 16.5. The predicted octanol–water partition coefficient (Wildman–Crippen LogP) is 3.04. The van der Waals surface area contributed by atoms with Crippen molar-refractivity contribution in [1.29, 1.82) is 0 Å². The number of pyridine rings is 1. The van der Waals surface area contributed by atoms with Gasteiger partial charge in [-0.3, -0.25) is 5.10 Å². The average molecular weight is 332 g/mol. The minimum absolute atomic E-state index is 0.665. The largest absolute Gasteiger partial charge is 0.497 e. The number of methoxy groups -OCH3 is 1. The van der Waals surface area contributed by atoms with Gasteiger partial charge in [0.05, 0.1) is 24.6 Å². The van der Waals surface area contributed by atoms with E-state index in [1.54, 1.807) is 24.2 Å². The first-order valence-corrected chi connectivity index (χ1v) is 7.79. The molecule has 0 aliphatic rings. The Morgan fingerprint density at radius 2 is 2.04 bits per heavy atom. The van der Waals surface area contributed by atoms with Crippen LogP contribution in [0, 0.1) is 6.92 Å². The maximum absolute atomic E-state index is 5.32. The second-order valence-corrected chi connectivity index (χ2v) is 5.47. The van der Waals surface area contributed by atoms with E-state index >= 15 is 0 Å². The fourth-order valence-corrected chi connectivity index (χ4v) is 2.68. The zero-order valence-electron chi connectivity index (χ0n) is 13.8. The van der Waals surface area contributed by atoms with Gasteiger partial charge in [-0.15, -0.1) is 5.10 Å². The molecule has 0 amide bonds. The van der Waals surface area contributed by atoms with Crippen molar-refractivity contribution in [1.82, 2.24) is 29.9 Å². The van der Waals surface area contributed by atoms with Crippen LogP contribution >= 0.6 is 0 Å². The Morgan fingerprint density at radius 1 is 1.12 bits per heavy atom. The lowest BCUT2D eigenvalue weighted by Crippen LogP contribution is -2.02. The van der Waals surface area contributed by atoms with Gasteiger partial charge >= 0.3 is 0 Å². The Balaban J connectivity index is 1.87. The van der Waals surface area contributed by atoms with Gasteiger partial charge in [0.25, 0.3) is 0 Å². The van der Waals surface area contributed by atoms with Gasteiger partial charge in [-0.1, -0.05) is 18.2 Å². The first kappa shape index (κ1) is 15.1. The molecule has 4 aromatic rings. The van der Waals surface area contributed by atoms with Crippen LogP contribution in [0.25, 0.3) is 28.5 Å². The molecule has 0 atom stereocenters. The number of ether oxygens (including phenoxy) is 1. The molecule has 0 saturated carbocycles. The molecule has 3 aromatic heterocycles. The summed E-state index contributed by atoms with van der Waals surface area (Å²) in [5, 5.41) is 11.7. The minimum atomic E-state index is 0.665. The Bertz CT molecular complexity index is 1010. The van der Waals surface area contributed by atoms with E-state index in [1.165, 1.54) is 0 Å². The summed E-state index contributed by atoms with van der Waals surface area (Å²) in [4.78, 5) is 8.95. The summed E-state index contributed by atoms with van der Waals surface area (Å²) >= 11 is 0. The minimum Gasteiger partial charge on any atom is -0.497 e. The van der Waals surface area contributed by atoms with Crippen LogP contribution in [-0.2, 0) is 0 Å². The molecular formula is C18H16N6O. The smallest absolute Gasteiger partial charge is 0.169 e. The van der Waals surface area contributed by atoms with Gasteiger partial charge < -0.3 is 4.74 Å². The van der Waals surface area contributed by atoms with Crippen molar-refractivity contribution in [3.05, 3.63) is 60.7 Å². The van der Waals surface area contributed by atoms with Crippen molar-refractivity contribution in [3.63, 3.8) is 0 Å². The molecule has 0 bridgehead atoms. The monoisotopic (exact) mass is 332 g/mol. The van der Waals surface area contributed by atoms with Crippen LogP contribution in [0.15, 0.2) is 54.9 Å². The predicted molar refractivity (Wildman–Crippen MR) is 93.5 cm³/mol. The van der Waals surface area contributed by atoms with Crippen molar-refractivity contribution in [2.75, 3.05) is 7.11 Å². The van der Waals surface area contributed by atoms with E-state index in [2.05, 4.69) is 25.3 Å². The molecule has 25 heavy (non-hydrogen) atoms. The Kier molecular flexibility index (Phi) is 3.74. The number of aromatic nitrogens is 6. The summed E-state index contributed by atoms with van der Waals surface area (Å²) in [7, 11) is 1.65. The summed E-state index contributed by atoms with van der Waals surface area (Å²) in [5.74, 6) is 2.83. The summed E-state index contributed by atoms with van der Waals surface area (Å²) in [6.45, 7) is 1.86. The highest BCUT2D eigenvalue weighted by Gasteiger charge is 2.18. The first-order valence-electron chi connectivity index (χ1n) is 7.79. The SMILES string of the molecule is COc1cccc(-c2[nH]ncc2-c2nc(C)nn2-c2ccccn2)c1. The van der Waals surface area contributed by atoms with Crippen molar-refractivity contribution in [2.24, 2.45) is 0 Å². The van der Waals surface area contributed by atoms with Gasteiger partial charge in [-0.25, -0.2) is 9.97 Å². The van der Waals surface area contributed by atoms with Crippen LogP contribution in [0.5, 0.6) is 5.75 Å². The third-order valence-electron chi connectivity index (χ3n) is 3.82. The second-order valence-electron chi connectivity index (χ2n) is 5.47. The fourth-order valence-electron chi connectivity index (χ4n) is 2.68. The van der Waals surface area contributed by atoms with Gasteiger partial charge in [0.15, 0.2) is 11.6 Å². The molecule has 0 aliphatic heterocycles. The molecule has 7 nitrogen and oxygen atoms in total. The van der Waals surface area contributed by atoms with Gasteiger partial charge in [0.2, 0.25) is 0 Å². The van der Waals surface area contributed by atoms with Crippen molar-refractivity contribution >= 4 is 0 Å². The number of hydrogen-bond acceptors (Lipinski definition) is 5. The van der Waals surface area contributed by atoms with Crippen LogP contribution in [0.2, 0.25) is 0 Å². The van der Waals surface area contributed by atoms with Crippen LogP contribution in [-0.4, -0.2) is 37.1 Å². The molecule has 0 fully saturated rings. The van der Waals surface area contributed by atoms with Crippen molar-refractivity contribution in [3.8, 4) is 34.2 Å². The normalized spacial score (nSPS) is 10.8. The van der Waals surface area contributed by atoms with Gasteiger partial charge in [0, 0.05) is 11.8 Å². The number of H-pyrrole nitrogens is 1. The third-order valence-corrected chi connectivity index (χ3v) is 3.82. The van der Waals surface area contributed by atoms with E-state index in [0.29, 0.717) is 17.5 Å². The summed E-state index contributed by atoms with van der Waals surface area (Å²) in [5.41, 5.74) is 2.66. The first-order chi connectivity index (χ1) is 12.3. The highest BCUT2D eigenvalue weighted by molar-refractivity contribution is 5.78. The summed E-state index contributed by atoms with van der Waals surface area (Å²) < 4.78 is 7.04. The number of hydrogen-bond donors (Lipinski definition) is 1. The number of benzene rings is 1. The number of aromatic amines is 1. The Labute approximate surface area is 144 Å². The van der Waals surface area contributed by atoms with E-state index in [9.17, 15) is 0 Å². The molecule has 0 unspecified atom stereocenters. The van der Waals surface area contributed by atoms with E-state index in [1.807, 2.05) is 49.4 Å². The van der Waals surface area contributed by atoms with Gasteiger partial charge in [0.1, 0.15) is 11.6 Å². The van der Waals surface area contributed by atoms with E-state index < -0.39 is 0 Å². The second kappa shape index (κ2) is 6.20. The van der Waals surface area contributed by atoms with Crippen molar-refractivity contribution in [2.45, 2.75) is 6.92 Å². The maximum atomic E-state index is 5.32. The number of nitrogens with one attached hydrogen (secondary N) is 1. The molecular weight excluding hydrogens is 316 g/mol. The Hall–Kier alpha value is -3.48. The molecule has 1 N–H and O–H groups in total. The van der Waals surface area contributed by atoms with Gasteiger partial charge in [-0.05, 0) is 31.2 Å². The van der Waals surface area contributed by atoms with Gasteiger partial charge in [-0.2, -0.15) is 9.78 Å². The summed E-state index contributed by atoms with van der Waals surface area (Å²) in [6.07, 6.45) is 3.48. The molecule has 124 valence electrons. The quantitative estimate of drug-likeness (QED) is 0.621. The topological polar surface area (TPSA) is 81.5 Å². The lowest BCUT2D eigenvalue weighted by Gasteiger charge is -2.07. The van der Waals surface area contributed by atoms with Crippen LogP contribution < -0.4 is 4.74 Å². The number of rotatable bonds is 4. The lowest BCUT2D eigenvalue weighted by atomic mass is 10.1. The average Bonchev–Trinajstić information content (AvgIpc) is 3.29. The highest BCUT2D eigenvalue weighted by Crippen LogP contribution is 2.31. The van der Waals surface area contributed by atoms with Crippen LogP contribution in [0.3, 0.4) is 0 Å². The fraction of sp³-hybridized carbons (Fsp3) is 0.111. The Morgan fingerprint density at radius 3 is 2.84 bits per heavy atom. The molecule has 7 heteroatoms. The molecule has 0 spiro atoms. The third kappa shape index (κ3) is 2.76. The molecule has 3 heterocycles. The standard InChI is InChI=1S/C18H16N6O/c1-12-21-18(24(23-12)16-8-3-4-9-19-16)15-11-20-22-17(15)13-6-5-7-14(10-13)25-2/h3-11H,1-2H3,(H,20,22). The van der Waals surface area contributed by atoms with E-state index in [4.69, 9.17) is 4.74 Å². The zero-order chi connectivity index (χ0) is 17.2. The number of aryl methyl sites for hydroxylation is 1. The maximum Gasteiger partial charge on any atom is 0.169 e. The molecule has 4 rings (SSSR count). The van der Waals surface area contributed by atoms with Crippen LogP contribution in [0.1, 0.15) is 5.82 Å². The zero-order valence-corrected chi connectivity index (χ0v) is 13.8. The summed E-state index contributed by atoms with van der Waals surface area (Å²) in [6, 6.07) is 13.5. The molecule has 0 radical (unpaired) electrons. The lowest BCUT2D eigenvalue weighted by molar-refractivity contribution is 0.415. The van der Waals surface area contributed by atoms with E-state index in [0.717, 1.165) is 22.6 Å². The molecule has 0 aliphatic carbocycles.